The first-order valence-electron chi connectivity index (χ1n) is 7.44. The molecule has 0 aliphatic carbocycles. The zero-order valence-electron chi connectivity index (χ0n) is 13.1. The van der Waals surface area contributed by atoms with Gasteiger partial charge in [0.15, 0.2) is 0 Å². The highest BCUT2D eigenvalue weighted by Crippen LogP contribution is 2.21. The van der Waals surface area contributed by atoms with E-state index in [0.29, 0.717) is 15.3 Å². The van der Waals surface area contributed by atoms with E-state index in [2.05, 4.69) is 10.3 Å². The third-order valence-corrected chi connectivity index (χ3v) is 3.68. The van der Waals surface area contributed by atoms with Crippen molar-refractivity contribution < 1.29 is 18.0 Å². The Hall–Kier alpha value is -3.36. The summed E-state index contributed by atoms with van der Waals surface area (Å²) in [6.45, 7) is -1.49. The highest BCUT2D eigenvalue weighted by molar-refractivity contribution is 6.08. The van der Waals surface area contributed by atoms with Crippen LogP contribution in [0.5, 0.6) is 0 Å². The van der Waals surface area contributed by atoms with Crippen LogP contribution in [0.3, 0.4) is 0 Å². The fourth-order valence-corrected chi connectivity index (χ4v) is 2.55. The van der Waals surface area contributed by atoms with Crippen molar-refractivity contribution >= 4 is 22.4 Å². The Bertz CT molecular complexity index is 1100. The number of rotatable bonds is 3. The molecule has 1 aromatic carbocycles. The maximum absolute atomic E-state index is 12.5. The summed E-state index contributed by atoms with van der Waals surface area (Å²) in [6.07, 6.45) is -2.22. The van der Waals surface area contributed by atoms with Gasteiger partial charge in [0.25, 0.3) is 17.0 Å². The molecule has 3 aromatic rings. The number of nitrogens with zero attached hydrogens (tertiary/aromatic N) is 1. The number of carbonyl (C=O) groups excluding carboxylic acids is 1. The largest absolute Gasteiger partial charge is 0.406 e. The fourth-order valence-electron chi connectivity index (χ4n) is 2.55. The number of carbonyl (C=O) groups is 1. The van der Waals surface area contributed by atoms with Crippen molar-refractivity contribution in [2.75, 3.05) is 5.32 Å². The quantitative estimate of drug-likeness (QED) is 0.750. The molecular weight excluding hydrogens is 351 g/mol. The monoisotopic (exact) mass is 363 g/mol. The molecule has 3 rings (SSSR count). The molecular formula is C17H12F3N3O3. The van der Waals surface area contributed by atoms with Crippen LogP contribution in [0.2, 0.25) is 0 Å². The topological polar surface area (TPSA) is 84.0 Å². The summed E-state index contributed by atoms with van der Waals surface area (Å²) in [7, 11) is 0. The van der Waals surface area contributed by atoms with E-state index in [4.69, 9.17) is 0 Å². The number of pyridine rings is 2. The van der Waals surface area contributed by atoms with Gasteiger partial charge in [-0.2, -0.15) is 13.2 Å². The van der Waals surface area contributed by atoms with E-state index in [1.165, 1.54) is 18.3 Å². The molecule has 6 nitrogen and oxygen atoms in total. The van der Waals surface area contributed by atoms with Gasteiger partial charge in [-0.15, -0.1) is 0 Å². The van der Waals surface area contributed by atoms with Crippen LogP contribution in [0.1, 0.15) is 10.4 Å². The van der Waals surface area contributed by atoms with Crippen molar-refractivity contribution in [3.8, 4) is 0 Å². The van der Waals surface area contributed by atoms with Crippen LogP contribution in [-0.4, -0.2) is 21.6 Å². The fraction of sp³-hybridized carbons (Fsp3) is 0.118. The molecule has 2 aromatic heterocycles. The second kappa shape index (κ2) is 6.51. The molecule has 134 valence electrons. The van der Waals surface area contributed by atoms with Gasteiger partial charge in [-0.25, -0.2) is 0 Å². The Kier molecular flexibility index (Phi) is 4.37. The minimum absolute atomic E-state index is 0.268. The number of benzene rings is 1. The van der Waals surface area contributed by atoms with Gasteiger partial charge in [-0.1, -0.05) is 6.07 Å². The van der Waals surface area contributed by atoms with Crippen molar-refractivity contribution in [1.82, 2.24) is 9.55 Å². The lowest BCUT2D eigenvalue weighted by atomic mass is 10.1. The molecule has 0 radical (unpaired) electrons. The molecule has 2 N–H and O–H groups in total. The standard InChI is InChI=1S/C17H12F3N3O3/c18-17(19,20)9-23-8-2-4-12(16(23)26)15(25)22-13-5-1-3-11-10(13)6-7-21-14(11)24/h1-8H,9H2,(H,21,24)(H,22,25). The van der Waals surface area contributed by atoms with E-state index in [1.807, 2.05) is 0 Å². The van der Waals surface area contributed by atoms with Crippen molar-refractivity contribution in [2.45, 2.75) is 12.7 Å². The van der Waals surface area contributed by atoms with E-state index < -0.39 is 29.8 Å². The third-order valence-electron chi connectivity index (χ3n) is 3.68. The van der Waals surface area contributed by atoms with Crippen LogP contribution in [0.25, 0.3) is 10.8 Å². The number of nitrogens with one attached hydrogen (secondary N) is 2. The lowest BCUT2D eigenvalue weighted by molar-refractivity contribution is -0.141. The lowest BCUT2D eigenvalue weighted by Gasteiger charge is -2.11. The molecule has 0 aliphatic heterocycles. The number of hydrogen-bond acceptors (Lipinski definition) is 3. The van der Waals surface area contributed by atoms with Gasteiger partial charge < -0.3 is 14.9 Å². The van der Waals surface area contributed by atoms with Crippen LogP contribution >= 0.6 is 0 Å². The van der Waals surface area contributed by atoms with E-state index in [-0.39, 0.29) is 11.2 Å². The average molecular weight is 363 g/mol. The van der Waals surface area contributed by atoms with Crippen LogP contribution in [0.15, 0.2) is 58.4 Å². The van der Waals surface area contributed by atoms with Gasteiger partial charge in [0.2, 0.25) is 0 Å². The number of aromatic amines is 1. The minimum atomic E-state index is -4.59. The van der Waals surface area contributed by atoms with Crippen molar-refractivity contribution in [1.29, 1.82) is 0 Å². The predicted molar refractivity (Wildman–Crippen MR) is 89.3 cm³/mol. The maximum atomic E-state index is 12.5. The summed E-state index contributed by atoms with van der Waals surface area (Å²) in [5.74, 6) is -0.862. The Morgan fingerprint density at radius 3 is 2.58 bits per heavy atom. The number of halogens is 3. The Morgan fingerprint density at radius 2 is 1.85 bits per heavy atom. The second-order valence-electron chi connectivity index (χ2n) is 5.50. The molecule has 0 spiro atoms. The first-order valence-corrected chi connectivity index (χ1v) is 7.44. The van der Waals surface area contributed by atoms with Crippen LogP contribution in [0.4, 0.5) is 18.9 Å². The summed E-state index contributed by atoms with van der Waals surface area (Å²) in [6, 6.07) is 8.53. The van der Waals surface area contributed by atoms with Gasteiger partial charge in [0, 0.05) is 28.9 Å². The molecule has 0 unspecified atom stereocenters. The Morgan fingerprint density at radius 1 is 1.08 bits per heavy atom. The molecule has 1 amide bonds. The number of aromatic nitrogens is 2. The molecule has 9 heteroatoms. The van der Waals surface area contributed by atoms with Crippen molar-refractivity contribution in [3.63, 3.8) is 0 Å². The Balaban J connectivity index is 1.97. The zero-order chi connectivity index (χ0) is 18.9. The summed E-state index contributed by atoms with van der Waals surface area (Å²) in [4.78, 5) is 38.8. The third kappa shape index (κ3) is 3.51. The van der Waals surface area contributed by atoms with Gasteiger partial charge >= 0.3 is 6.18 Å². The molecule has 0 saturated heterocycles. The van der Waals surface area contributed by atoms with E-state index in [9.17, 15) is 27.6 Å². The highest BCUT2D eigenvalue weighted by Gasteiger charge is 2.29. The predicted octanol–water partition coefficient (Wildman–Crippen LogP) is 2.50. The van der Waals surface area contributed by atoms with Gasteiger partial charge in [0.1, 0.15) is 12.1 Å². The van der Waals surface area contributed by atoms with Gasteiger partial charge in [0.05, 0.1) is 0 Å². The highest BCUT2D eigenvalue weighted by atomic mass is 19.4. The first-order chi connectivity index (χ1) is 12.3. The van der Waals surface area contributed by atoms with E-state index >= 15 is 0 Å². The molecule has 2 heterocycles. The van der Waals surface area contributed by atoms with Crippen LogP contribution < -0.4 is 16.4 Å². The summed E-state index contributed by atoms with van der Waals surface area (Å²) in [5, 5.41) is 3.24. The Labute approximate surface area is 143 Å². The van der Waals surface area contributed by atoms with Crippen LogP contribution in [-0.2, 0) is 6.54 Å². The normalized spacial score (nSPS) is 11.5. The van der Waals surface area contributed by atoms with E-state index in [0.717, 1.165) is 12.3 Å². The summed E-state index contributed by atoms with van der Waals surface area (Å²) >= 11 is 0. The number of fused-ring (bicyclic) bond motifs is 1. The SMILES string of the molecule is O=C(Nc1cccc2c(=O)[nH]ccc12)c1cccn(CC(F)(F)F)c1=O. The second-order valence-corrected chi connectivity index (χ2v) is 5.50. The first kappa shape index (κ1) is 17.5. The van der Waals surface area contributed by atoms with Crippen molar-refractivity contribution in [2.24, 2.45) is 0 Å². The summed E-state index contributed by atoms with van der Waals surface area (Å²) < 4.78 is 38.0. The number of amides is 1. The molecule has 0 aliphatic rings. The minimum Gasteiger partial charge on any atom is -0.329 e. The molecule has 26 heavy (non-hydrogen) atoms. The van der Waals surface area contributed by atoms with Crippen LogP contribution in [0, 0.1) is 0 Å². The zero-order valence-corrected chi connectivity index (χ0v) is 13.1. The molecule has 0 fully saturated rings. The maximum Gasteiger partial charge on any atom is 0.406 e. The molecule has 0 atom stereocenters. The molecule has 0 bridgehead atoms. The van der Waals surface area contributed by atoms with E-state index in [1.54, 1.807) is 18.2 Å². The van der Waals surface area contributed by atoms with Gasteiger partial charge in [-0.05, 0) is 30.3 Å². The number of hydrogen-bond donors (Lipinski definition) is 2. The van der Waals surface area contributed by atoms with Gasteiger partial charge in [-0.3, -0.25) is 14.4 Å². The number of alkyl halides is 3. The average Bonchev–Trinajstić information content (AvgIpc) is 2.56. The molecule has 0 saturated carbocycles. The number of anilines is 1. The summed E-state index contributed by atoms with van der Waals surface area (Å²) in [5.41, 5.74) is -1.57. The smallest absolute Gasteiger partial charge is 0.329 e. The lowest BCUT2D eigenvalue weighted by Crippen LogP contribution is -2.32. The van der Waals surface area contributed by atoms with Crippen molar-refractivity contribution in [3.05, 3.63) is 75.1 Å². The number of H-pyrrole nitrogens is 1.